The Balaban J connectivity index is 0.000000575. The van der Waals surface area contributed by atoms with Gasteiger partial charge in [-0.1, -0.05) is 19.1 Å². The third-order valence-electron chi connectivity index (χ3n) is 4.74. The maximum absolute atomic E-state index is 12.3. The molecule has 2 aliphatic heterocycles. The van der Waals surface area contributed by atoms with Gasteiger partial charge in [0.2, 0.25) is 11.8 Å². The highest BCUT2D eigenvalue weighted by Crippen LogP contribution is 2.50. The van der Waals surface area contributed by atoms with Crippen LogP contribution >= 0.6 is 11.8 Å². The number of nitrogens with one attached hydrogen (secondary N) is 1. The third kappa shape index (κ3) is 4.86. The molecule has 3 rings (SSSR count). The van der Waals surface area contributed by atoms with E-state index in [1.54, 1.807) is 13.8 Å². The minimum Gasteiger partial charge on any atom is -0.855 e. The van der Waals surface area contributed by atoms with Crippen LogP contribution in [0.5, 0.6) is 5.75 Å². The van der Waals surface area contributed by atoms with Gasteiger partial charge in [0.25, 0.3) is 0 Å². The summed E-state index contributed by atoms with van der Waals surface area (Å²) in [5.41, 5.74) is 6.41. The van der Waals surface area contributed by atoms with Crippen molar-refractivity contribution in [2.24, 2.45) is 5.73 Å². The van der Waals surface area contributed by atoms with E-state index in [1.165, 1.54) is 47.9 Å². The van der Waals surface area contributed by atoms with Crippen molar-refractivity contribution in [3.8, 4) is 5.75 Å². The van der Waals surface area contributed by atoms with E-state index in [9.17, 15) is 34.8 Å². The molecule has 1 aromatic rings. The Labute approximate surface area is 178 Å². The number of carbonyl (C=O) groups excluding carboxylic acids is 2. The number of nitrogens with zero attached hydrogens (tertiary/aromatic N) is 1. The molecule has 0 radical (unpaired) electrons. The number of carbonyl (C=O) groups is 3. The van der Waals surface area contributed by atoms with Gasteiger partial charge in [-0.05, 0) is 31.5 Å². The van der Waals surface area contributed by atoms with Crippen LogP contribution in [0.2, 0.25) is 0 Å². The number of aliphatic carboxylic acids is 1. The Morgan fingerprint density at radius 1 is 1.33 bits per heavy atom. The number of rotatable bonds is 5. The Hall–Kier alpha value is -2.34. The highest BCUT2D eigenvalue weighted by atomic mass is 32.2. The fourth-order valence-corrected chi connectivity index (χ4v) is 4.85. The first-order valence-electron chi connectivity index (χ1n) is 9.22. The van der Waals surface area contributed by atoms with Gasteiger partial charge in [0, 0.05) is 4.75 Å². The average Bonchev–Trinajstić information content (AvgIpc) is 2.94. The van der Waals surface area contributed by atoms with Crippen LogP contribution in [-0.2, 0) is 14.4 Å². The summed E-state index contributed by atoms with van der Waals surface area (Å²) < 4.78 is -0.648. The summed E-state index contributed by atoms with van der Waals surface area (Å²) in [6.07, 6.45) is -0.921. The van der Waals surface area contributed by atoms with Gasteiger partial charge in [-0.25, -0.2) is 4.79 Å². The highest BCUT2D eigenvalue weighted by molar-refractivity contribution is 8.01. The average molecular weight is 439 g/mol. The smallest absolute Gasteiger partial charge is 0.327 e. The molecule has 2 aliphatic rings. The summed E-state index contributed by atoms with van der Waals surface area (Å²) in [6.45, 7) is 4.39. The van der Waals surface area contributed by atoms with Gasteiger partial charge in [0.05, 0.1) is 0 Å². The van der Waals surface area contributed by atoms with Crippen LogP contribution in [0, 0.1) is 0 Å². The number of aromatic hydroxyl groups is 1. The molecule has 2 amide bonds. The van der Waals surface area contributed by atoms with Crippen molar-refractivity contribution < 1.29 is 34.8 Å². The number of fused-ring (bicyclic) bond motifs is 1. The number of phenols is 1. The number of carboxylic acids is 1. The molecule has 10 nitrogen and oxygen atoms in total. The number of nitrogens with two attached hydrogens (primary N) is 1. The predicted octanol–water partition coefficient (Wildman–Crippen LogP) is -1.88. The second kappa shape index (κ2) is 9.21. The van der Waals surface area contributed by atoms with E-state index in [2.05, 4.69) is 5.32 Å². The monoisotopic (exact) mass is 439 g/mol. The molecule has 0 spiro atoms. The van der Waals surface area contributed by atoms with Gasteiger partial charge in [-0.2, -0.15) is 6.61 Å². The second-order valence-corrected chi connectivity index (χ2v) is 9.40. The number of carboxylic acid groups (broad SMARTS) is 1. The fraction of sp³-hybridized carbons (Fsp3) is 0.526. The van der Waals surface area contributed by atoms with Gasteiger partial charge < -0.3 is 36.4 Å². The largest absolute Gasteiger partial charge is 0.855 e. The molecule has 0 saturated carbocycles. The fourth-order valence-electron chi connectivity index (χ4n) is 3.22. The zero-order chi connectivity index (χ0) is 22.8. The van der Waals surface area contributed by atoms with Gasteiger partial charge in [-0.15, -0.1) is 17.9 Å². The van der Waals surface area contributed by atoms with Crippen molar-refractivity contribution in [3.63, 3.8) is 0 Å². The summed E-state index contributed by atoms with van der Waals surface area (Å²) >= 11 is 1.35. The zero-order valence-corrected chi connectivity index (χ0v) is 17.6. The maximum Gasteiger partial charge on any atom is 0.327 e. The quantitative estimate of drug-likeness (QED) is 0.382. The number of amides is 2. The summed E-state index contributed by atoms with van der Waals surface area (Å²) in [5.74, 6) is -1.94. The topological polar surface area (TPSA) is 179 Å². The molecule has 2 fully saturated rings. The number of β-lactam (4-membered cyclic amide) rings is 1. The molecule has 30 heavy (non-hydrogen) atoms. The molecule has 0 aliphatic carbocycles. The lowest BCUT2D eigenvalue weighted by molar-refractivity contribution is -0.488. The van der Waals surface area contributed by atoms with Gasteiger partial charge in [-0.3, -0.25) is 9.59 Å². The van der Waals surface area contributed by atoms with Crippen molar-refractivity contribution in [1.82, 2.24) is 10.2 Å². The molecule has 5 atom stereocenters. The molecular weight excluding hydrogens is 414 g/mol. The second-order valence-electron chi connectivity index (χ2n) is 7.63. The van der Waals surface area contributed by atoms with Gasteiger partial charge >= 0.3 is 5.97 Å². The van der Waals surface area contributed by atoms with Crippen LogP contribution < -0.4 is 21.3 Å². The molecule has 0 bridgehead atoms. The molecule has 5 N–H and O–H groups in total. The standard InChI is InChI=1S/C16H19N3O5S.C3H6O2/c1-16(2)11(15(23)24)19-13(22)10(14(19)25-16)18-12(21)9(17)7-3-5-8(20)6-4-7;1-3(5)2-4/h3-6,9-11,14,20H,17H2,1-2H3,(H,18,21)(H,23,24);3H,2H2,1H3/q;-2/t9-,10-,11+,14-;/m1./s1. The minimum absolute atomic E-state index is 0.0606. The number of hydrogen-bond acceptors (Lipinski definition) is 8. The van der Waals surface area contributed by atoms with Gasteiger partial charge in [0.15, 0.2) is 0 Å². The number of benzene rings is 1. The number of thioether (sulfide) groups is 1. The van der Waals surface area contributed by atoms with E-state index in [1.807, 2.05) is 0 Å². The van der Waals surface area contributed by atoms with Crippen LogP contribution in [0.15, 0.2) is 24.3 Å². The van der Waals surface area contributed by atoms with Crippen molar-refractivity contribution in [2.45, 2.75) is 55.1 Å². The summed E-state index contributed by atoms with van der Waals surface area (Å²) in [7, 11) is 0. The molecule has 2 saturated heterocycles. The van der Waals surface area contributed by atoms with E-state index in [0.29, 0.717) is 5.56 Å². The molecule has 166 valence electrons. The number of hydrogen-bond donors (Lipinski definition) is 4. The summed E-state index contributed by atoms with van der Waals surface area (Å²) in [6, 6.07) is 3.21. The van der Waals surface area contributed by atoms with Crippen LogP contribution in [0.4, 0.5) is 0 Å². The minimum atomic E-state index is -1.06. The van der Waals surface area contributed by atoms with Crippen LogP contribution in [-0.4, -0.2) is 67.8 Å². The van der Waals surface area contributed by atoms with Crippen molar-refractivity contribution in [1.29, 1.82) is 0 Å². The van der Waals surface area contributed by atoms with E-state index < -0.39 is 58.7 Å². The van der Waals surface area contributed by atoms with E-state index in [-0.39, 0.29) is 5.75 Å². The Bertz CT molecular complexity index is 800. The maximum atomic E-state index is 12.3. The first-order chi connectivity index (χ1) is 13.9. The Morgan fingerprint density at radius 2 is 1.87 bits per heavy atom. The molecule has 1 aromatic carbocycles. The van der Waals surface area contributed by atoms with Crippen molar-refractivity contribution in [3.05, 3.63) is 29.8 Å². The lowest BCUT2D eigenvalue weighted by Crippen LogP contribution is -2.71. The first kappa shape index (κ1) is 23.9. The molecule has 1 unspecified atom stereocenters. The lowest BCUT2D eigenvalue weighted by Gasteiger charge is -2.43. The van der Waals surface area contributed by atoms with E-state index >= 15 is 0 Å². The Kier molecular flexibility index (Phi) is 7.35. The molecular formula is C19H25N3O7S-2. The summed E-state index contributed by atoms with van der Waals surface area (Å²) in [5, 5.41) is 39.8. The molecule has 2 heterocycles. The summed E-state index contributed by atoms with van der Waals surface area (Å²) in [4.78, 5) is 37.5. The first-order valence-corrected chi connectivity index (χ1v) is 10.1. The lowest BCUT2D eigenvalue weighted by atomic mass is 9.95. The van der Waals surface area contributed by atoms with E-state index in [4.69, 9.17) is 5.73 Å². The third-order valence-corrected chi connectivity index (χ3v) is 6.31. The molecule has 11 heteroatoms. The highest BCUT2D eigenvalue weighted by Gasteiger charge is 2.64. The van der Waals surface area contributed by atoms with Crippen LogP contribution in [0.1, 0.15) is 32.4 Å². The molecule has 0 aromatic heterocycles. The van der Waals surface area contributed by atoms with Crippen LogP contribution in [0.25, 0.3) is 0 Å². The predicted molar refractivity (Wildman–Crippen MR) is 105 cm³/mol. The van der Waals surface area contributed by atoms with Crippen molar-refractivity contribution >= 4 is 29.5 Å². The Morgan fingerprint density at radius 3 is 2.33 bits per heavy atom. The van der Waals surface area contributed by atoms with Crippen molar-refractivity contribution in [2.75, 3.05) is 6.61 Å². The zero-order valence-electron chi connectivity index (χ0n) is 16.8. The van der Waals surface area contributed by atoms with Gasteiger partial charge in [0.1, 0.15) is 29.2 Å². The normalized spacial score (nSPS) is 25.9. The SMILES string of the molecule is CC([O-])C[O-].CC1(C)S[C@@H]2[C@H](NC(=O)[C@H](N)c3ccc(O)cc3)C(=O)N2[C@H]1C(=O)O. The van der Waals surface area contributed by atoms with E-state index in [0.717, 1.165) is 0 Å². The number of phenolic OH excluding ortho intramolecular Hbond substituents is 1. The van der Waals surface area contributed by atoms with Crippen LogP contribution in [0.3, 0.4) is 0 Å².